The van der Waals surface area contributed by atoms with E-state index < -0.39 is 5.97 Å². The van der Waals surface area contributed by atoms with Gasteiger partial charge in [-0.25, -0.2) is 0 Å². The first-order chi connectivity index (χ1) is 14.9. The molecule has 1 aromatic heterocycles. The van der Waals surface area contributed by atoms with Crippen molar-refractivity contribution in [1.29, 1.82) is 0 Å². The molecule has 2 aromatic carbocycles. The van der Waals surface area contributed by atoms with Gasteiger partial charge >= 0.3 is 5.97 Å². The minimum Gasteiger partial charge on any atom is -0.493 e. The van der Waals surface area contributed by atoms with Crippen molar-refractivity contribution in [2.45, 2.75) is 19.4 Å². The number of carbonyl (C=O) groups excluding carboxylic acids is 1. The molecule has 0 saturated carbocycles. The van der Waals surface area contributed by atoms with Gasteiger partial charge in [0.2, 0.25) is 5.88 Å². The molecule has 0 fully saturated rings. The number of hydrogen-bond donors (Lipinski definition) is 2. The highest BCUT2D eigenvalue weighted by atomic mass is 32.1. The first kappa shape index (κ1) is 20.9. The summed E-state index contributed by atoms with van der Waals surface area (Å²) in [5.41, 5.74) is 3.49. The lowest BCUT2D eigenvalue weighted by Gasteiger charge is -2.05. The van der Waals surface area contributed by atoms with Crippen LogP contribution in [0.1, 0.15) is 39.2 Å². The van der Waals surface area contributed by atoms with E-state index in [0.29, 0.717) is 32.9 Å². The summed E-state index contributed by atoms with van der Waals surface area (Å²) in [6.45, 7) is 0.330. The number of aromatic hydroxyl groups is 1. The van der Waals surface area contributed by atoms with Gasteiger partial charge in [0.1, 0.15) is 0 Å². The lowest BCUT2D eigenvalue weighted by molar-refractivity contribution is -0.137. The Labute approximate surface area is 187 Å². The van der Waals surface area contributed by atoms with Crippen LogP contribution in [0.25, 0.3) is 11.6 Å². The van der Waals surface area contributed by atoms with Crippen LogP contribution in [0, 0.1) is 3.95 Å². The molecule has 31 heavy (non-hydrogen) atoms. The SMILES string of the molecule is O=C(O)CCCn1c(O)c(C=C2C=Nc3ccc(C(=O)c4ccccc4)cc32)sc1=S. The van der Waals surface area contributed by atoms with Crippen molar-refractivity contribution in [2.24, 2.45) is 4.99 Å². The van der Waals surface area contributed by atoms with Crippen LogP contribution in [0.5, 0.6) is 5.88 Å². The normalized spacial score (nSPS) is 13.5. The fourth-order valence-corrected chi connectivity index (χ4v) is 4.65. The van der Waals surface area contributed by atoms with Gasteiger partial charge in [0.05, 0.1) is 10.6 Å². The molecule has 3 aromatic rings. The number of aliphatic imine (C=N–C) groups is 1. The van der Waals surface area contributed by atoms with Gasteiger partial charge in [-0.15, -0.1) is 11.3 Å². The van der Waals surface area contributed by atoms with Crippen molar-refractivity contribution in [3.05, 3.63) is 74.1 Å². The zero-order valence-corrected chi connectivity index (χ0v) is 17.9. The molecule has 1 aliphatic rings. The third kappa shape index (κ3) is 4.40. The monoisotopic (exact) mass is 450 g/mol. The lowest BCUT2D eigenvalue weighted by Crippen LogP contribution is -2.01. The number of carboxylic acids is 1. The minimum absolute atomic E-state index is 0.00569. The van der Waals surface area contributed by atoms with E-state index in [1.807, 2.05) is 30.3 Å². The maximum atomic E-state index is 12.8. The summed E-state index contributed by atoms with van der Waals surface area (Å²) in [6.07, 6.45) is 3.86. The van der Waals surface area contributed by atoms with E-state index in [1.54, 1.807) is 30.5 Å². The van der Waals surface area contributed by atoms with E-state index in [0.717, 1.165) is 16.8 Å². The van der Waals surface area contributed by atoms with Crippen LogP contribution in [0.4, 0.5) is 5.69 Å². The first-order valence-corrected chi connectivity index (χ1v) is 10.8. The Hall–Kier alpha value is -3.36. The summed E-state index contributed by atoms with van der Waals surface area (Å²) >= 11 is 6.58. The van der Waals surface area contributed by atoms with Gasteiger partial charge in [-0.3, -0.25) is 19.1 Å². The van der Waals surface area contributed by atoms with E-state index in [9.17, 15) is 14.7 Å². The zero-order valence-electron chi connectivity index (χ0n) is 16.3. The van der Waals surface area contributed by atoms with Crippen LogP contribution in [-0.4, -0.2) is 32.7 Å². The van der Waals surface area contributed by atoms with Crippen LogP contribution >= 0.6 is 23.6 Å². The van der Waals surface area contributed by atoms with Gasteiger partial charge in [-0.1, -0.05) is 30.3 Å². The van der Waals surface area contributed by atoms with Gasteiger partial charge in [0.15, 0.2) is 9.74 Å². The van der Waals surface area contributed by atoms with Crippen molar-refractivity contribution < 1.29 is 19.8 Å². The van der Waals surface area contributed by atoms with Crippen LogP contribution in [-0.2, 0) is 11.3 Å². The second kappa shape index (κ2) is 8.79. The van der Waals surface area contributed by atoms with E-state index in [4.69, 9.17) is 17.3 Å². The number of carbonyl (C=O) groups is 2. The predicted octanol–water partition coefficient (Wildman–Crippen LogP) is 5.34. The number of fused-ring (bicyclic) bond motifs is 1. The Kier molecular flexibility index (Phi) is 5.92. The van der Waals surface area contributed by atoms with Crippen molar-refractivity contribution >= 4 is 58.9 Å². The number of carboxylic acid groups (broad SMARTS) is 1. The lowest BCUT2D eigenvalue weighted by atomic mass is 9.98. The highest BCUT2D eigenvalue weighted by Gasteiger charge is 2.18. The molecule has 4 rings (SSSR count). The molecular formula is C23H18N2O4S2. The summed E-state index contributed by atoms with van der Waals surface area (Å²) in [6, 6.07) is 14.4. The van der Waals surface area contributed by atoms with Crippen molar-refractivity contribution in [1.82, 2.24) is 4.57 Å². The maximum Gasteiger partial charge on any atom is 0.303 e. The summed E-state index contributed by atoms with van der Waals surface area (Å²) in [5.74, 6) is -0.952. The molecule has 6 nitrogen and oxygen atoms in total. The number of benzene rings is 2. The molecule has 0 atom stereocenters. The Bertz CT molecular complexity index is 1290. The fourth-order valence-electron chi connectivity index (χ4n) is 3.34. The van der Waals surface area contributed by atoms with E-state index in [-0.39, 0.29) is 18.1 Å². The highest BCUT2D eigenvalue weighted by molar-refractivity contribution is 7.73. The van der Waals surface area contributed by atoms with Crippen LogP contribution in [0.2, 0.25) is 0 Å². The van der Waals surface area contributed by atoms with Gasteiger partial charge in [-0.2, -0.15) is 0 Å². The van der Waals surface area contributed by atoms with Crippen LogP contribution in [0.15, 0.2) is 53.5 Å². The third-order valence-corrected chi connectivity index (χ3v) is 6.29. The number of rotatable bonds is 7. The number of aliphatic carboxylic acids is 1. The van der Waals surface area contributed by atoms with Crippen molar-refractivity contribution in [3.8, 4) is 5.88 Å². The number of ketones is 1. The van der Waals surface area contributed by atoms with Gasteiger partial charge in [0.25, 0.3) is 0 Å². The number of thiazole rings is 1. The molecule has 0 amide bonds. The van der Waals surface area contributed by atoms with E-state index in [2.05, 4.69) is 4.99 Å². The molecule has 0 aliphatic carbocycles. The second-order valence-electron chi connectivity index (χ2n) is 6.99. The second-order valence-corrected chi connectivity index (χ2v) is 8.67. The largest absolute Gasteiger partial charge is 0.493 e. The first-order valence-electron chi connectivity index (χ1n) is 9.58. The number of hydrogen-bond acceptors (Lipinski definition) is 6. The molecule has 2 N–H and O–H groups in total. The molecular weight excluding hydrogens is 432 g/mol. The maximum absolute atomic E-state index is 12.8. The van der Waals surface area contributed by atoms with Crippen molar-refractivity contribution in [2.75, 3.05) is 0 Å². The van der Waals surface area contributed by atoms with Crippen LogP contribution < -0.4 is 0 Å². The topological polar surface area (TPSA) is 91.9 Å². The van der Waals surface area contributed by atoms with Crippen molar-refractivity contribution in [3.63, 3.8) is 0 Å². The average molecular weight is 451 g/mol. The quantitative estimate of drug-likeness (QED) is 0.375. The number of aromatic nitrogens is 1. The predicted molar refractivity (Wildman–Crippen MR) is 124 cm³/mol. The van der Waals surface area contributed by atoms with E-state index in [1.165, 1.54) is 15.9 Å². The molecule has 0 bridgehead atoms. The number of allylic oxidation sites excluding steroid dienone is 1. The minimum atomic E-state index is -0.886. The Morgan fingerprint density at radius 1 is 1.13 bits per heavy atom. The Balaban J connectivity index is 1.64. The van der Waals surface area contributed by atoms with Gasteiger partial charge < -0.3 is 10.2 Å². The molecule has 1 aliphatic heterocycles. The summed E-state index contributed by atoms with van der Waals surface area (Å²) in [5, 5.41) is 19.4. The fraction of sp³-hybridized carbons (Fsp3) is 0.130. The standard InChI is InChI=1S/C23H18N2O4S2/c26-20(27)7-4-10-25-22(29)19(31-23(25)30)12-16-13-24-18-9-8-15(11-17(16)18)21(28)14-5-2-1-3-6-14/h1-3,5-6,8-9,11-13,29H,4,7,10H2,(H,26,27). The highest BCUT2D eigenvalue weighted by Crippen LogP contribution is 2.37. The molecule has 156 valence electrons. The average Bonchev–Trinajstić information content (AvgIpc) is 3.29. The summed E-state index contributed by atoms with van der Waals surface area (Å²) < 4.78 is 2.01. The zero-order chi connectivity index (χ0) is 22.0. The summed E-state index contributed by atoms with van der Waals surface area (Å²) in [4.78, 5) is 28.5. The molecule has 0 radical (unpaired) electrons. The molecule has 8 heteroatoms. The Morgan fingerprint density at radius 2 is 1.90 bits per heavy atom. The smallest absolute Gasteiger partial charge is 0.303 e. The third-order valence-electron chi connectivity index (χ3n) is 4.90. The van der Waals surface area contributed by atoms with Crippen LogP contribution in [0.3, 0.4) is 0 Å². The summed E-state index contributed by atoms with van der Waals surface area (Å²) in [7, 11) is 0. The molecule has 0 unspecified atom stereocenters. The Morgan fingerprint density at radius 3 is 2.65 bits per heavy atom. The number of nitrogens with zero attached hydrogens (tertiary/aromatic N) is 2. The molecule has 0 saturated heterocycles. The van der Waals surface area contributed by atoms with Gasteiger partial charge in [-0.05, 0) is 42.9 Å². The van der Waals surface area contributed by atoms with Gasteiger partial charge in [0, 0.05) is 41.4 Å². The molecule has 2 heterocycles. The van der Waals surface area contributed by atoms with E-state index >= 15 is 0 Å². The molecule has 0 spiro atoms.